The minimum Gasteiger partial charge on any atom is -0.497 e. The van der Waals surface area contributed by atoms with E-state index in [0.29, 0.717) is 31.1 Å². The van der Waals surface area contributed by atoms with Crippen molar-refractivity contribution in [2.45, 2.75) is 25.8 Å². The third kappa shape index (κ3) is 4.82. The topological polar surface area (TPSA) is 68.2 Å². The molecule has 3 rings (SSSR count). The molecule has 0 bridgehead atoms. The van der Waals surface area contributed by atoms with Crippen LogP contribution < -0.4 is 14.2 Å². The van der Waals surface area contributed by atoms with Gasteiger partial charge in [-0.05, 0) is 61.7 Å². The molecule has 6 heteroatoms. The van der Waals surface area contributed by atoms with E-state index in [4.69, 9.17) is 14.2 Å². The van der Waals surface area contributed by atoms with Crippen molar-refractivity contribution < 1.29 is 24.1 Å². The SMILES string of the molecule is CCOc1cc(C(c2cccc(OC)c2)N2CCCC(C(=O)O)C2)ccc1OC. The minimum absolute atomic E-state index is 0.0997. The van der Waals surface area contributed by atoms with Crippen LogP contribution in [0.4, 0.5) is 0 Å². The van der Waals surface area contributed by atoms with Gasteiger partial charge in [0.25, 0.3) is 0 Å². The molecule has 1 aliphatic rings. The zero-order chi connectivity index (χ0) is 20.8. The molecule has 2 aromatic carbocycles. The van der Waals surface area contributed by atoms with Crippen molar-refractivity contribution in [2.24, 2.45) is 5.92 Å². The highest BCUT2D eigenvalue weighted by atomic mass is 16.5. The Balaban J connectivity index is 2.05. The predicted octanol–water partition coefficient (Wildman–Crippen LogP) is 3.99. The maximum absolute atomic E-state index is 11.6. The Bertz CT molecular complexity index is 838. The smallest absolute Gasteiger partial charge is 0.307 e. The molecule has 2 atom stereocenters. The number of benzene rings is 2. The summed E-state index contributed by atoms with van der Waals surface area (Å²) in [4.78, 5) is 13.9. The van der Waals surface area contributed by atoms with Gasteiger partial charge in [0.1, 0.15) is 5.75 Å². The van der Waals surface area contributed by atoms with Crippen LogP contribution >= 0.6 is 0 Å². The van der Waals surface area contributed by atoms with E-state index in [1.165, 1.54) is 0 Å². The maximum Gasteiger partial charge on any atom is 0.307 e. The maximum atomic E-state index is 11.6. The van der Waals surface area contributed by atoms with Gasteiger partial charge in [-0.15, -0.1) is 0 Å². The van der Waals surface area contributed by atoms with E-state index in [1.807, 2.05) is 43.3 Å². The molecule has 0 spiro atoms. The molecule has 29 heavy (non-hydrogen) atoms. The summed E-state index contributed by atoms with van der Waals surface area (Å²) in [7, 11) is 3.27. The Morgan fingerprint density at radius 3 is 2.62 bits per heavy atom. The van der Waals surface area contributed by atoms with Gasteiger partial charge >= 0.3 is 5.97 Å². The number of methoxy groups -OCH3 is 2. The monoisotopic (exact) mass is 399 g/mol. The largest absolute Gasteiger partial charge is 0.497 e. The summed E-state index contributed by atoms with van der Waals surface area (Å²) in [5.74, 6) is 1.05. The molecule has 1 N–H and O–H groups in total. The highest BCUT2D eigenvalue weighted by Crippen LogP contribution is 2.38. The molecule has 0 radical (unpaired) electrons. The normalized spacial score (nSPS) is 18.1. The van der Waals surface area contributed by atoms with Gasteiger partial charge in [-0.1, -0.05) is 18.2 Å². The van der Waals surface area contributed by atoms with Crippen LogP contribution in [-0.4, -0.2) is 49.9 Å². The van der Waals surface area contributed by atoms with E-state index in [-0.39, 0.29) is 12.0 Å². The molecule has 1 aliphatic heterocycles. The number of ether oxygens (including phenoxy) is 3. The number of piperidine rings is 1. The Morgan fingerprint density at radius 1 is 1.14 bits per heavy atom. The summed E-state index contributed by atoms with van der Waals surface area (Å²) >= 11 is 0. The van der Waals surface area contributed by atoms with Crippen molar-refractivity contribution in [1.82, 2.24) is 4.90 Å². The Hall–Kier alpha value is -2.73. The minimum atomic E-state index is -0.733. The van der Waals surface area contributed by atoms with Gasteiger partial charge < -0.3 is 19.3 Å². The number of hydrogen-bond acceptors (Lipinski definition) is 5. The fraction of sp³-hybridized carbons (Fsp3) is 0.435. The van der Waals surface area contributed by atoms with Gasteiger partial charge in [-0.3, -0.25) is 9.69 Å². The number of carboxylic acid groups (broad SMARTS) is 1. The molecule has 1 fully saturated rings. The molecule has 2 aromatic rings. The van der Waals surface area contributed by atoms with Gasteiger partial charge in [0.05, 0.1) is 32.8 Å². The van der Waals surface area contributed by atoms with E-state index in [9.17, 15) is 9.90 Å². The van der Waals surface area contributed by atoms with Crippen LogP contribution in [0.2, 0.25) is 0 Å². The quantitative estimate of drug-likeness (QED) is 0.724. The lowest BCUT2D eigenvalue weighted by Crippen LogP contribution is -2.41. The van der Waals surface area contributed by atoms with Crippen molar-refractivity contribution in [2.75, 3.05) is 33.9 Å². The standard InChI is InChI=1S/C23H29NO5/c1-4-29-21-14-17(10-11-20(21)28-3)22(16-7-5-9-19(13-16)27-2)24-12-6-8-18(15-24)23(25)26/h5,7,9-11,13-14,18,22H,4,6,8,12,15H2,1-3H3,(H,25,26). The highest BCUT2D eigenvalue weighted by Gasteiger charge is 2.32. The van der Waals surface area contributed by atoms with E-state index < -0.39 is 5.97 Å². The lowest BCUT2D eigenvalue weighted by atomic mass is 9.91. The van der Waals surface area contributed by atoms with Crippen LogP contribution in [0.5, 0.6) is 17.2 Å². The second kappa shape index (κ2) is 9.65. The number of rotatable bonds is 8. The summed E-state index contributed by atoms with van der Waals surface area (Å²) in [6, 6.07) is 13.8. The second-order valence-electron chi connectivity index (χ2n) is 7.19. The molecule has 0 aliphatic carbocycles. The lowest BCUT2D eigenvalue weighted by molar-refractivity contribution is -0.143. The number of carbonyl (C=O) groups is 1. The van der Waals surface area contributed by atoms with Gasteiger partial charge in [0, 0.05) is 6.54 Å². The van der Waals surface area contributed by atoms with Gasteiger partial charge in [0.15, 0.2) is 11.5 Å². The molecular weight excluding hydrogens is 370 g/mol. The number of aliphatic carboxylic acids is 1. The highest BCUT2D eigenvalue weighted by molar-refractivity contribution is 5.70. The van der Waals surface area contributed by atoms with Gasteiger partial charge in [-0.25, -0.2) is 0 Å². The third-order valence-electron chi connectivity index (χ3n) is 5.38. The average Bonchev–Trinajstić information content (AvgIpc) is 2.75. The van der Waals surface area contributed by atoms with E-state index in [0.717, 1.165) is 29.8 Å². The summed E-state index contributed by atoms with van der Waals surface area (Å²) in [6.45, 7) is 3.82. The number of hydrogen-bond donors (Lipinski definition) is 1. The molecule has 1 saturated heterocycles. The number of likely N-dealkylation sites (tertiary alicyclic amines) is 1. The van der Waals surface area contributed by atoms with E-state index in [2.05, 4.69) is 11.0 Å². The van der Waals surface area contributed by atoms with Crippen LogP contribution in [-0.2, 0) is 4.79 Å². The van der Waals surface area contributed by atoms with Crippen molar-refractivity contribution in [3.05, 3.63) is 53.6 Å². The van der Waals surface area contributed by atoms with Crippen molar-refractivity contribution in [3.8, 4) is 17.2 Å². The molecule has 0 amide bonds. The predicted molar refractivity (Wildman–Crippen MR) is 111 cm³/mol. The van der Waals surface area contributed by atoms with Gasteiger partial charge in [0.2, 0.25) is 0 Å². The lowest BCUT2D eigenvalue weighted by Gasteiger charge is -2.38. The van der Waals surface area contributed by atoms with Crippen molar-refractivity contribution in [1.29, 1.82) is 0 Å². The molecule has 1 heterocycles. The third-order valence-corrected chi connectivity index (χ3v) is 5.38. The van der Waals surface area contributed by atoms with Crippen LogP contribution in [0.25, 0.3) is 0 Å². The Kier molecular flexibility index (Phi) is 6.99. The van der Waals surface area contributed by atoms with Crippen LogP contribution in [0.3, 0.4) is 0 Å². The first kappa shape index (κ1) is 21.0. The summed E-state index contributed by atoms with van der Waals surface area (Å²) < 4.78 is 16.6. The van der Waals surface area contributed by atoms with Crippen LogP contribution in [0, 0.1) is 5.92 Å². The fourth-order valence-corrected chi connectivity index (χ4v) is 4.00. The molecular formula is C23H29NO5. The van der Waals surface area contributed by atoms with E-state index >= 15 is 0 Å². The molecule has 2 unspecified atom stereocenters. The zero-order valence-corrected chi connectivity index (χ0v) is 17.3. The van der Waals surface area contributed by atoms with Crippen molar-refractivity contribution >= 4 is 5.97 Å². The fourth-order valence-electron chi connectivity index (χ4n) is 4.00. The molecule has 0 saturated carbocycles. The van der Waals surface area contributed by atoms with Crippen LogP contribution in [0.1, 0.15) is 36.9 Å². The first-order valence-electron chi connectivity index (χ1n) is 9.98. The number of carboxylic acids is 1. The summed E-state index contributed by atoms with van der Waals surface area (Å²) in [5, 5.41) is 9.56. The van der Waals surface area contributed by atoms with Crippen LogP contribution in [0.15, 0.2) is 42.5 Å². The molecule has 156 valence electrons. The average molecular weight is 399 g/mol. The second-order valence-corrected chi connectivity index (χ2v) is 7.19. The zero-order valence-electron chi connectivity index (χ0n) is 17.3. The summed E-state index contributed by atoms with van der Waals surface area (Å²) in [5.41, 5.74) is 2.09. The van der Waals surface area contributed by atoms with Gasteiger partial charge in [-0.2, -0.15) is 0 Å². The van der Waals surface area contributed by atoms with Crippen molar-refractivity contribution in [3.63, 3.8) is 0 Å². The van der Waals surface area contributed by atoms with E-state index in [1.54, 1.807) is 14.2 Å². The molecule has 0 aromatic heterocycles. The first-order valence-corrected chi connectivity index (χ1v) is 9.98. The summed E-state index contributed by atoms with van der Waals surface area (Å²) in [6.07, 6.45) is 1.56. The Morgan fingerprint density at radius 2 is 1.93 bits per heavy atom. The molecule has 6 nitrogen and oxygen atoms in total. The Labute approximate surface area is 172 Å². The number of nitrogens with zero attached hydrogens (tertiary/aromatic N) is 1. The first-order chi connectivity index (χ1) is 14.1.